The van der Waals surface area contributed by atoms with Gasteiger partial charge in [0, 0.05) is 6.54 Å². The van der Waals surface area contributed by atoms with Crippen molar-refractivity contribution in [2.45, 2.75) is 0 Å². The van der Waals surface area contributed by atoms with Gasteiger partial charge in [0.05, 0.1) is 10.4 Å². The van der Waals surface area contributed by atoms with Gasteiger partial charge in [-0.2, -0.15) is 0 Å². The molecule has 46 valence electrons. The summed E-state index contributed by atoms with van der Waals surface area (Å²) in [6, 6.07) is 0. The molecule has 3 heteroatoms. The molecule has 0 unspecified atom stereocenters. The number of nitrogens with one attached hydrogen (secondary N) is 1. The van der Waals surface area contributed by atoms with Crippen molar-refractivity contribution in [2.75, 3.05) is 11.9 Å². The third-order valence-electron chi connectivity index (χ3n) is 1.25. The van der Waals surface area contributed by atoms with Crippen molar-refractivity contribution >= 4 is 23.2 Å². The van der Waals surface area contributed by atoms with Gasteiger partial charge in [0.15, 0.2) is 0 Å². The molecule has 1 N–H and O–H groups in total. The summed E-state index contributed by atoms with van der Waals surface area (Å²) >= 11 is 1.66. The molecule has 0 fully saturated rings. The summed E-state index contributed by atoms with van der Waals surface area (Å²) in [7, 11) is 0. The van der Waals surface area contributed by atoms with E-state index in [1.807, 2.05) is 5.51 Å². The van der Waals surface area contributed by atoms with E-state index in [1.54, 1.807) is 11.3 Å². The molecule has 0 aliphatic carbocycles. The van der Waals surface area contributed by atoms with Gasteiger partial charge in [0.1, 0.15) is 5.82 Å². The number of nitrogens with zero attached hydrogens (tertiary/aromatic N) is 1. The van der Waals surface area contributed by atoms with Gasteiger partial charge in [-0.3, -0.25) is 0 Å². The number of fused-ring (bicyclic) bond motifs is 1. The van der Waals surface area contributed by atoms with E-state index in [9.17, 15) is 0 Å². The fraction of sp³-hybridized carbons (Fsp3) is 0.167. The fourth-order valence-electron chi connectivity index (χ4n) is 0.828. The number of aromatic nitrogens is 1. The summed E-state index contributed by atoms with van der Waals surface area (Å²) in [6.07, 6.45) is 4.20. The van der Waals surface area contributed by atoms with Gasteiger partial charge in [0.2, 0.25) is 0 Å². The lowest BCUT2D eigenvalue weighted by Gasteiger charge is -2.03. The van der Waals surface area contributed by atoms with Gasteiger partial charge < -0.3 is 5.32 Å². The molecule has 1 aromatic rings. The molecule has 1 aliphatic rings. The molecule has 0 spiro atoms. The topological polar surface area (TPSA) is 24.9 Å². The molecule has 0 saturated heterocycles. The molecule has 2 heterocycles. The van der Waals surface area contributed by atoms with E-state index in [4.69, 9.17) is 0 Å². The van der Waals surface area contributed by atoms with Crippen LogP contribution in [0.3, 0.4) is 0 Å². The highest BCUT2D eigenvalue weighted by Gasteiger charge is 2.03. The summed E-state index contributed by atoms with van der Waals surface area (Å²) in [5, 5.41) is 3.16. The molecule has 0 aromatic carbocycles. The van der Waals surface area contributed by atoms with E-state index in [2.05, 4.69) is 22.5 Å². The zero-order valence-electron chi connectivity index (χ0n) is 4.79. The normalized spacial score (nSPS) is 14.7. The van der Waals surface area contributed by atoms with Crippen molar-refractivity contribution < 1.29 is 0 Å². The van der Waals surface area contributed by atoms with Gasteiger partial charge in [-0.15, -0.1) is 11.3 Å². The van der Waals surface area contributed by atoms with Crippen LogP contribution in [0.25, 0.3) is 6.08 Å². The number of hydrogen-bond donors (Lipinski definition) is 1. The van der Waals surface area contributed by atoms with Crippen LogP contribution in [0.2, 0.25) is 0 Å². The summed E-state index contributed by atoms with van der Waals surface area (Å²) in [5.41, 5.74) is 1.85. The maximum absolute atomic E-state index is 4.11. The second kappa shape index (κ2) is 1.84. The van der Waals surface area contributed by atoms with E-state index in [0.717, 1.165) is 12.4 Å². The molecule has 1 aromatic heterocycles. The molecule has 0 atom stereocenters. The largest absolute Gasteiger partial charge is 0.365 e. The van der Waals surface area contributed by atoms with Crippen LogP contribution >= 0.6 is 11.3 Å². The highest BCUT2D eigenvalue weighted by Crippen LogP contribution is 2.22. The Kier molecular flexibility index (Phi) is 1.02. The third kappa shape index (κ3) is 0.733. The Morgan fingerprint density at radius 1 is 1.67 bits per heavy atom. The molecular weight excluding hydrogens is 132 g/mol. The van der Waals surface area contributed by atoms with E-state index < -0.39 is 0 Å². The molecule has 1 aliphatic heterocycles. The lowest BCUT2D eigenvalue weighted by atomic mass is 10.3. The van der Waals surface area contributed by atoms with Gasteiger partial charge in [-0.25, -0.2) is 4.98 Å². The smallest absolute Gasteiger partial charge is 0.144 e. The van der Waals surface area contributed by atoms with Crippen molar-refractivity contribution in [3.63, 3.8) is 0 Å². The second-order valence-electron chi connectivity index (χ2n) is 1.85. The van der Waals surface area contributed by atoms with E-state index in [1.165, 1.54) is 4.88 Å². The Morgan fingerprint density at radius 2 is 2.67 bits per heavy atom. The number of rotatable bonds is 0. The monoisotopic (exact) mass is 138 g/mol. The first kappa shape index (κ1) is 4.99. The maximum atomic E-state index is 4.11. The Labute approximate surface area is 57.2 Å². The van der Waals surface area contributed by atoms with Crippen LogP contribution in [0, 0.1) is 0 Å². The zero-order valence-corrected chi connectivity index (χ0v) is 5.61. The van der Waals surface area contributed by atoms with Crippen molar-refractivity contribution in [1.82, 2.24) is 4.98 Å². The van der Waals surface area contributed by atoms with E-state index in [0.29, 0.717) is 0 Å². The SMILES string of the molecule is C1=Cc2scnc2NC1. The van der Waals surface area contributed by atoms with Crippen molar-refractivity contribution in [3.8, 4) is 0 Å². The average molecular weight is 138 g/mol. The molecule has 0 saturated carbocycles. The highest BCUT2D eigenvalue weighted by molar-refractivity contribution is 7.11. The summed E-state index contributed by atoms with van der Waals surface area (Å²) in [4.78, 5) is 5.35. The first-order chi connectivity index (χ1) is 4.47. The van der Waals surface area contributed by atoms with Gasteiger partial charge in [0.25, 0.3) is 0 Å². The van der Waals surface area contributed by atoms with Crippen LogP contribution in [0.5, 0.6) is 0 Å². The van der Waals surface area contributed by atoms with Crippen LogP contribution in [-0.4, -0.2) is 11.5 Å². The minimum atomic E-state index is 0.913. The van der Waals surface area contributed by atoms with Gasteiger partial charge in [-0.1, -0.05) is 6.08 Å². The van der Waals surface area contributed by atoms with Crippen LogP contribution in [0.4, 0.5) is 5.82 Å². The lowest BCUT2D eigenvalue weighted by molar-refractivity contribution is 1.25. The molecule has 2 nitrogen and oxygen atoms in total. The summed E-state index contributed by atoms with van der Waals surface area (Å²) < 4.78 is 0. The molecule has 0 bridgehead atoms. The number of hydrogen-bond acceptors (Lipinski definition) is 3. The third-order valence-corrected chi connectivity index (χ3v) is 2.05. The first-order valence-corrected chi connectivity index (χ1v) is 3.69. The highest BCUT2D eigenvalue weighted by atomic mass is 32.1. The molecule has 0 amide bonds. The second-order valence-corrected chi connectivity index (χ2v) is 2.73. The van der Waals surface area contributed by atoms with Gasteiger partial charge in [-0.05, 0) is 6.08 Å². The predicted octanol–water partition coefficient (Wildman–Crippen LogP) is 1.58. The van der Waals surface area contributed by atoms with E-state index >= 15 is 0 Å². The lowest BCUT2D eigenvalue weighted by Crippen LogP contribution is -2.02. The molecular formula is C6H6N2S. The molecule has 0 radical (unpaired) electrons. The minimum absolute atomic E-state index is 0.913. The van der Waals surface area contributed by atoms with Crippen LogP contribution < -0.4 is 5.32 Å². The van der Waals surface area contributed by atoms with Crippen LogP contribution in [-0.2, 0) is 0 Å². The minimum Gasteiger partial charge on any atom is -0.365 e. The predicted molar refractivity (Wildman–Crippen MR) is 39.6 cm³/mol. The Bertz CT molecular complexity index is 239. The van der Waals surface area contributed by atoms with Crippen molar-refractivity contribution in [3.05, 3.63) is 16.5 Å². The van der Waals surface area contributed by atoms with Crippen LogP contribution in [0.15, 0.2) is 11.6 Å². The summed E-state index contributed by atoms with van der Waals surface area (Å²) in [5.74, 6) is 1.03. The Hall–Kier alpha value is -0.830. The number of anilines is 1. The Balaban J connectivity index is 2.53. The Morgan fingerprint density at radius 3 is 3.56 bits per heavy atom. The van der Waals surface area contributed by atoms with Crippen molar-refractivity contribution in [1.29, 1.82) is 0 Å². The standard InChI is InChI=1S/C6H6N2S/c1-2-5-6(7-3-1)8-4-9-5/h1-2,4,7H,3H2. The quantitative estimate of drug-likeness (QED) is 0.588. The van der Waals surface area contributed by atoms with E-state index in [-0.39, 0.29) is 0 Å². The first-order valence-electron chi connectivity index (χ1n) is 2.81. The van der Waals surface area contributed by atoms with Crippen LogP contribution in [0.1, 0.15) is 4.88 Å². The maximum Gasteiger partial charge on any atom is 0.144 e. The number of thiazole rings is 1. The molecule has 9 heavy (non-hydrogen) atoms. The zero-order chi connectivity index (χ0) is 6.10. The molecule has 2 rings (SSSR count). The van der Waals surface area contributed by atoms with Crippen molar-refractivity contribution in [2.24, 2.45) is 0 Å². The fourth-order valence-corrected chi connectivity index (χ4v) is 1.51. The average Bonchev–Trinajstić information content (AvgIpc) is 2.33. The van der Waals surface area contributed by atoms with Gasteiger partial charge >= 0.3 is 0 Å². The summed E-state index contributed by atoms with van der Waals surface area (Å²) in [6.45, 7) is 0.913.